The van der Waals surface area contributed by atoms with Crippen molar-refractivity contribution in [2.75, 3.05) is 0 Å². The fourth-order valence-corrected chi connectivity index (χ4v) is 3.79. The van der Waals surface area contributed by atoms with E-state index in [4.69, 9.17) is 0 Å². The number of unbranched alkanes of at least 4 members (excludes halogenated alkanes) is 2. The molecule has 0 saturated heterocycles. The van der Waals surface area contributed by atoms with Crippen LogP contribution in [0.3, 0.4) is 0 Å². The largest absolute Gasteiger partial charge is 0.0914 e. The molecule has 0 N–H and O–H groups in total. The molecule has 0 nitrogen and oxygen atoms in total. The van der Waals surface area contributed by atoms with Gasteiger partial charge in [-0.1, -0.05) is 43.6 Å². The van der Waals surface area contributed by atoms with Crippen molar-refractivity contribution in [1.29, 1.82) is 0 Å². The Morgan fingerprint density at radius 2 is 1.94 bits per heavy atom. The smallest absolute Gasteiger partial charge is 0.0140 e. The molecule has 0 aromatic heterocycles. The van der Waals surface area contributed by atoms with Crippen molar-refractivity contribution in [2.45, 2.75) is 71.6 Å². The van der Waals surface area contributed by atoms with E-state index in [0.717, 1.165) is 17.8 Å². The molecule has 0 heteroatoms. The highest BCUT2D eigenvalue weighted by molar-refractivity contribution is 5.19. The first-order valence-electron chi connectivity index (χ1n) is 8.16. The minimum Gasteiger partial charge on any atom is -0.0914 e. The third kappa shape index (κ3) is 3.49. The maximum atomic E-state index is 2.53. The predicted molar refractivity (Wildman–Crippen MR) is 80.6 cm³/mol. The Morgan fingerprint density at radius 1 is 1.17 bits per heavy atom. The zero-order valence-electron chi connectivity index (χ0n) is 12.3. The topological polar surface area (TPSA) is 0 Å². The minimum absolute atomic E-state index is 0.888. The molecule has 0 spiro atoms. The van der Waals surface area contributed by atoms with E-state index in [2.05, 4.69) is 32.1 Å². The van der Waals surface area contributed by atoms with E-state index >= 15 is 0 Å². The summed E-state index contributed by atoms with van der Waals surface area (Å²) in [7, 11) is 0. The second kappa shape index (κ2) is 7.16. The van der Waals surface area contributed by atoms with Gasteiger partial charge in [-0.3, -0.25) is 0 Å². The predicted octanol–water partition coefficient (Wildman–Crippen LogP) is 5.90. The van der Waals surface area contributed by atoms with Crippen molar-refractivity contribution in [2.24, 2.45) is 17.8 Å². The highest BCUT2D eigenvalue weighted by Gasteiger charge is 2.31. The molecule has 0 radical (unpaired) electrons. The van der Waals surface area contributed by atoms with Crippen molar-refractivity contribution in [3.63, 3.8) is 0 Å². The van der Waals surface area contributed by atoms with Crippen LogP contribution < -0.4 is 0 Å². The first-order chi connectivity index (χ1) is 8.85. The summed E-state index contributed by atoms with van der Waals surface area (Å²) in [4.78, 5) is 0. The van der Waals surface area contributed by atoms with Crippen molar-refractivity contribution >= 4 is 0 Å². The molecule has 1 fully saturated rings. The standard InChI is InChI=1S/C18H30/c1-3-5-6-8-16-13-14-18(16)17-11-9-15(7-4-2)10-12-17/h4,7,13,15,17-18H,3,5-6,8-12,14H2,1-2H3/b7-4+/t15?,17?,18-/m0/s1. The minimum atomic E-state index is 0.888. The Labute approximate surface area is 114 Å². The lowest BCUT2D eigenvalue weighted by Gasteiger charge is -2.38. The van der Waals surface area contributed by atoms with Crippen LogP contribution in [0.1, 0.15) is 71.6 Å². The molecule has 102 valence electrons. The molecule has 0 aromatic rings. The van der Waals surface area contributed by atoms with Crippen LogP contribution in [0.2, 0.25) is 0 Å². The van der Waals surface area contributed by atoms with Gasteiger partial charge in [0, 0.05) is 0 Å². The monoisotopic (exact) mass is 246 g/mol. The molecule has 0 heterocycles. The number of hydrogen-bond donors (Lipinski definition) is 0. The zero-order chi connectivity index (χ0) is 12.8. The number of allylic oxidation sites excluding steroid dienone is 4. The van der Waals surface area contributed by atoms with Gasteiger partial charge in [0.2, 0.25) is 0 Å². The maximum absolute atomic E-state index is 2.53. The Balaban J connectivity index is 1.72. The second-order valence-corrected chi connectivity index (χ2v) is 6.28. The van der Waals surface area contributed by atoms with Crippen LogP contribution in [-0.2, 0) is 0 Å². The summed E-state index contributed by atoms with van der Waals surface area (Å²) in [6.45, 7) is 4.46. The van der Waals surface area contributed by atoms with Crippen molar-refractivity contribution in [3.8, 4) is 0 Å². The number of rotatable bonds is 6. The van der Waals surface area contributed by atoms with Crippen LogP contribution in [0.5, 0.6) is 0 Å². The SMILES string of the molecule is C/C=C/C1CCC([C@H]2CC=C2CCCCC)CC1. The van der Waals surface area contributed by atoms with Crippen LogP contribution in [0, 0.1) is 17.8 Å². The van der Waals surface area contributed by atoms with Crippen molar-refractivity contribution in [1.82, 2.24) is 0 Å². The molecule has 0 amide bonds. The molecule has 0 bridgehead atoms. The van der Waals surface area contributed by atoms with Gasteiger partial charge in [-0.15, -0.1) is 0 Å². The van der Waals surface area contributed by atoms with Gasteiger partial charge in [-0.05, 0) is 69.6 Å². The van der Waals surface area contributed by atoms with E-state index < -0.39 is 0 Å². The quantitative estimate of drug-likeness (QED) is 0.404. The molecule has 1 atom stereocenters. The van der Waals surface area contributed by atoms with E-state index in [1.807, 2.05) is 5.57 Å². The third-order valence-electron chi connectivity index (χ3n) is 5.03. The highest BCUT2D eigenvalue weighted by Crippen LogP contribution is 2.44. The summed E-state index contributed by atoms with van der Waals surface area (Å²) < 4.78 is 0. The lowest BCUT2D eigenvalue weighted by atomic mass is 9.67. The van der Waals surface area contributed by atoms with E-state index in [1.54, 1.807) is 0 Å². The van der Waals surface area contributed by atoms with Gasteiger partial charge in [-0.2, -0.15) is 0 Å². The van der Waals surface area contributed by atoms with Gasteiger partial charge in [-0.25, -0.2) is 0 Å². The number of hydrogen-bond acceptors (Lipinski definition) is 0. The molecular formula is C18H30. The summed E-state index contributed by atoms with van der Waals surface area (Å²) >= 11 is 0. The maximum Gasteiger partial charge on any atom is -0.0140 e. The van der Waals surface area contributed by atoms with Gasteiger partial charge in [0.25, 0.3) is 0 Å². The van der Waals surface area contributed by atoms with E-state index in [0.29, 0.717) is 0 Å². The molecule has 0 aliphatic heterocycles. The van der Waals surface area contributed by atoms with Crippen LogP contribution in [0.15, 0.2) is 23.8 Å². The highest BCUT2D eigenvalue weighted by atomic mass is 14.4. The van der Waals surface area contributed by atoms with Crippen molar-refractivity contribution < 1.29 is 0 Å². The first kappa shape index (κ1) is 13.9. The summed E-state index contributed by atoms with van der Waals surface area (Å²) in [6, 6.07) is 0. The fourth-order valence-electron chi connectivity index (χ4n) is 3.79. The van der Waals surface area contributed by atoms with Gasteiger partial charge < -0.3 is 0 Å². The van der Waals surface area contributed by atoms with Crippen LogP contribution in [-0.4, -0.2) is 0 Å². The normalized spacial score (nSPS) is 32.3. The van der Waals surface area contributed by atoms with Gasteiger partial charge in [0.05, 0.1) is 0 Å². The zero-order valence-corrected chi connectivity index (χ0v) is 12.3. The average molecular weight is 246 g/mol. The molecular weight excluding hydrogens is 216 g/mol. The molecule has 2 rings (SSSR count). The van der Waals surface area contributed by atoms with E-state index in [9.17, 15) is 0 Å². The summed E-state index contributed by atoms with van der Waals surface area (Å²) in [5, 5.41) is 0. The molecule has 0 unspecified atom stereocenters. The van der Waals surface area contributed by atoms with E-state index in [1.165, 1.54) is 57.8 Å². The molecule has 1 saturated carbocycles. The molecule has 2 aliphatic rings. The van der Waals surface area contributed by atoms with Crippen LogP contribution in [0.25, 0.3) is 0 Å². The Kier molecular flexibility index (Phi) is 5.53. The summed E-state index contributed by atoms with van der Waals surface area (Å²) in [6.07, 6.45) is 20.0. The lowest BCUT2D eigenvalue weighted by Crippen LogP contribution is -2.26. The van der Waals surface area contributed by atoms with Gasteiger partial charge in [0.15, 0.2) is 0 Å². The molecule has 18 heavy (non-hydrogen) atoms. The fraction of sp³-hybridized carbons (Fsp3) is 0.778. The van der Waals surface area contributed by atoms with Crippen molar-refractivity contribution in [3.05, 3.63) is 23.8 Å². The van der Waals surface area contributed by atoms with Crippen LogP contribution in [0.4, 0.5) is 0 Å². The first-order valence-corrected chi connectivity index (χ1v) is 8.16. The molecule has 2 aliphatic carbocycles. The summed E-state index contributed by atoms with van der Waals surface area (Å²) in [5.74, 6) is 2.89. The Hall–Kier alpha value is -0.520. The Bertz CT molecular complexity index is 289. The average Bonchev–Trinajstić information content (AvgIpc) is 2.36. The van der Waals surface area contributed by atoms with E-state index in [-0.39, 0.29) is 0 Å². The lowest BCUT2D eigenvalue weighted by molar-refractivity contribution is 0.229. The van der Waals surface area contributed by atoms with Gasteiger partial charge >= 0.3 is 0 Å². The molecule has 0 aromatic carbocycles. The van der Waals surface area contributed by atoms with Gasteiger partial charge in [0.1, 0.15) is 0 Å². The Morgan fingerprint density at radius 3 is 2.50 bits per heavy atom. The summed E-state index contributed by atoms with van der Waals surface area (Å²) in [5.41, 5.74) is 1.82. The third-order valence-corrected chi connectivity index (χ3v) is 5.03. The van der Waals surface area contributed by atoms with Crippen LogP contribution >= 0.6 is 0 Å². The second-order valence-electron chi connectivity index (χ2n) is 6.28.